The minimum absolute atomic E-state index is 0.582. The van der Waals surface area contributed by atoms with Crippen molar-refractivity contribution in [3.05, 3.63) is 29.8 Å². The molecule has 0 aromatic heterocycles. The molecule has 1 aliphatic rings. The lowest BCUT2D eigenvalue weighted by atomic mass is 10.1. The van der Waals surface area contributed by atoms with Crippen molar-refractivity contribution in [1.82, 2.24) is 4.90 Å². The standard InChI is InChI=1S/C16H23F3N2/c1-3-14(4-2)20-9-11-21(12-10-20)15-7-5-13(6-8-15)16(17,18)19/h5-8,14H,3-4,9-12H2,1-2H3. The molecule has 0 saturated carbocycles. The molecule has 0 atom stereocenters. The molecule has 21 heavy (non-hydrogen) atoms. The summed E-state index contributed by atoms with van der Waals surface area (Å²) in [6.07, 6.45) is -1.96. The lowest BCUT2D eigenvalue weighted by Gasteiger charge is -2.39. The van der Waals surface area contributed by atoms with E-state index in [1.54, 1.807) is 12.1 Å². The summed E-state index contributed by atoms with van der Waals surface area (Å²) < 4.78 is 37.7. The van der Waals surface area contributed by atoms with Crippen molar-refractivity contribution in [2.75, 3.05) is 31.1 Å². The van der Waals surface area contributed by atoms with Gasteiger partial charge in [0.15, 0.2) is 0 Å². The predicted molar refractivity (Wildman–Crippen MR) is 79.6 cm³/mol. The van der Waals surface area contributed by atoms with Gasteiger partial charge in [0.1, 0.15) is 0 Å². The Kier molecular flexibility index (Phi) is 5.14. The summed E-state index contributed by atoms with van der Waals surface area (Å²) in [4.78, 5) is 4.65. The van der Waals surface area contributed by atoms with Crippen molar-refractivity contribution in [2.24, 2.45) is 0 Å². The van der Waals surface area contributed by atoms with Gasteiger partial charge in [-0.1, -0.05) is 13.8 Å². The fourth-order valence-corrected chi connectivity index (χ4v) is 3.01. The smallest absolute Gasteiger partial charge is 0.369 e. The quantitative estimate of drug-likeness (QED) is 0.829. The van der Waals surface area contributed by atoms with Gasteiger partial charge >= 0.3 is 6.18 Å². The monoisotopic (exact) mass is 300 g/mol. The van der Waals surface area contributed by atoms with E-state index in [-0.39, 0.29) is 0 Å². The molecule has 0 radical (unpaired) electrons. The van der Waals surface area contributed by atoms with Crippen molar-refractivity contribution in [3.63, 3.8) is 0 Å². The number of anilines is 1. The Bertz CT molecular complexity index is 430. The minimum atomic E-state index is -4.26. The highest BCUT2D eigenvalue weighted by Gasteiger charge is 2.30. The van der Waals surface area contributed by atoms with Gasteiger partial charge < -0.3 is 4.90 Å². The number of benzene rings is 1. The largest absolute Gasteiger partial charge is 0.416 e. The molecule has 0 amide bonds. The highest BCUT2D eigenvalue weighted by Crippen LogP contribution is 2.30. The van der Waals surface area contributed by atoms with Gasteiger partial charge in [0.25, 0.3) is 0 Å². The van der Waals surface area contributed by atoms with Gasteiger partial charge in [-0.05, 0) is 37.1 Å². The summed E-state index contributed by atoms with van der Waals surface area (Å²) in [5.74, 6) is 0. The Morgan fingerprint density at radius 2 is 1.48 bits per heavy atom. The van der Waals surface area contributed by atoms with Crippen LogP contribution in [-0.2, 0) is 6.18 Å². The molecule has 0 aliphatic carbocycles. The maximum Gasteiger partial charge on any atom is 0.416 e. The summed E-state index contributed by atoms with van der Waals surface area (Å²) in [5, 5.41) is 0. The van der Waals surface area contributed by atoms with Gasteiger partial charge in [0.05, 0.1) is 5.56 Å². The highest BCUT2D eigenvalue weighted by molar-refractivity contribution is 5.48. The van der Waals surface area contributed by atoms with Crippen LogP contribution in [0.4, 0.5) is 18.9 Å². The molecule has 118 valence electrons. The maximum atomic E-state index is 12.6. The summed E-state index contributed by atoms with van der Waals surface area (Å²) in [5.41, 5.74) is 0.300. The van der Waals surface area contributed by atoms with Crippen LogP contribution in [0.5, 0.6) is 0 Å². The van der Waals surface area contributed by atoms with E-state index in [1.807, 2.05) is 0 Å². The van der Waals surface area contributed by atoms with Gasteiger partial charge in [0, 0.05) is 37.9 Å². The fourth-order valence-electron chi connectivity index (χ4n) is 3.01. The number of nitrogens with zero attached hydrogens (tertiary/aromatic N) is 2. The van der Waals surface area contributed by atoms with Crippen molar-refractivity contribution in [1.29, 1.82) is 0 Å². The van der Waals surface area contributed by atoms with Gasteiger partial charge in [-0.15, -0.1) is 0 Å². The Morgan fingerprint density at radius 3 is 1.90 bits per heavy atom. The average Bonchev–Trinajstić information content (AvgIpc) is 2.48. The number of hydrogen-bond acceptors (Lipinski definition) is 2. The van der Waals surface area contributed by atoms with Crippen LogP contribution in [0.2, 0.25) is 0 Å². The van der Waals surface area contributed by atoms with E-state index >= 15 is 0 Å². The normalized spacial score (nSPS) is 17.5. The third-order valence-electron chi connectivity index (χ3n) is 4.33. The molecular weight excluding hydrogens is 277 g/mol. The minimum Gasteiger partial charge on any atom is -0.369 e. The van der Waals surface area contributed by atoms with Crippen LogP contribution in [0.3, 0.4) is 0 Å². The van der Waals surface area contributed by atoms with E-state index in [0.717, 1.165) is 44.7 Å². The van der Waals surface area contributed by atoms with Crippen molar-refractivity contribution in [2.45, 2.75) is 38.9 Å². The van der Waals surface area contributed by atoms with Crippen molar-refractivity contribution < 1.29 is 13.2 Å². The van der Waals surface area contributed by atoms with Crippen LogP contribution in [0.25, 0.3) is 0 Å². The second-order valence-corrected chi connectivity index (χ2v) is 5.54. The molecule has 1 aromatic rings. The number of piperazine rings is 1. The maximum absolute atomic E-state index is 12.6. The first kappa shape index (κ1) is 16.1. The van der Waals surface area contributed by atoms with E-state index in [1.165, 1.54) is 12.1 Å². The third kappa shape index (κ3) is 3.90. The number of alkyl halides is 3. The van der Waals surface area contributed by atoms with Gasteiger partial charge in [0.2, 0.25) is 0 Å². The predicted octanol–water partition coefficient (Wildman–Crippen LogP) is 4.02. The average molecular weight is 300 g/mol. The molecule has 1 saturated heterocycles. The summed E-state index contributed by atoms with van der Waals surface area (Å²) in [7, 11) is 0. The molecule has 1 heterocycles. The molecule has 0 unspecified atom stereocenters. The van der Waals surface area contributed by atoms with Gasteiger partial charge in [-0.2, -0.15) is 13.2 Å². The Labute approximate surface area is 124 Å². The lowest BCUT2D eigenvalue weighted by molar-refractivity contribution is -0.137. The second-order valence-electron chi connectivity index (χ2n) is 5.54. The zero-order chi connectivity index (χ0) is 15.5. The fraction of sp³-hybridized carbons (Fsp3) is 0.625. The third-order valence-corrected chi connectivity index (χ3v) is 4.33. The Balaban J connectivity index is 1.96. The first-order valence-electron chi connectivity index (χ1n) is 7.62. The number of hydrogen-bond donors (Lipinski definition) is 0. The van der Waals surface area contributed by atoms with E-state index in [9.17, 15) is 13.2 Å². The topological polar surface area (TPSA) is 6.48 Å². The lowest BCUT2D eigenvalue weighted by Crippen LogP contribution is -2.50. The molecular formula is C16H23F3N2. The summed E-state index contributed by atoms with van der Waals surface area (Å²) in [6.45, 7) is 8.12. The molecule has 0 bridgehead atoms. The van der Waals surface area contributed by atoms with Crippen LogP contribution in [0.1, 0.15) is 32.3 Å². The molecule has 1 aliphatic heterocycles. The van der Waals surface area contributed by atoms with Crippen LogP contribution < -0.4 is 4.90 Å². The molecule has 2 nitrogen and oxygen atoms in total. The molecule has 1 aromatic carbocycles. The van der Waals surface area contributed by atoms with E-state index in [4.69, 9.17) is 0 Å². The van der Waals surface area contributed by atoms with Crippen LogP contribution in [0.15, 0.2) is 24.3 Å². The van der Waals surface area contributed by atoms with Crippen LogP contribution >= 0.6 is 0 Å². The van der Waals surface area contributed by atoms with Gasteiger partial charge in [-0.3, -0.25) is 4.90 Å². The molecule has 0 N–H and O–H groups in total. The molecule has 1 fully saturated rings. The Morgan fingerprint density at radius 1 is 0.952 bits per heavy atom. The number of rotatable bonds is 4. The first-order valence-corrected chi connectivity index (χ1v) is 7.62. The number of halogens is 3. The first-order chi connectivity index (χ1) is 9.95. The molecule has 2 rings (SSSR count). The van der Waals surface area contributed by atoms with E-state index in [0.29, 0.717) is 6.04 Å². The SMILES string of the molecule is CCC(CC)N1CCN(c2ccc(C(F)(F)F)cc2)CC1. The summed E-state index contributed by atoms with van der Waals surface area (Å²) in [6, 6.07) is 6.12. The molecule has 0 spiro atoms. The van der Waals surface area contributed by atoms with E-state index in [2.05, 4.69) is 23.6 Å². The molecule has 5 heteroatoms. The second kappa shape index (κ2) is 6.69. The van der Waals surface area contributed by atoms with E-state index < -0.39 is 11.7 Å². The van der Waals surface area contributed by atoms with Crippen molar-refractivity contribution in [3.8, 4) is 0 Å². The van der Waals surface area contributed by atoms with Crippen LogP contribution in [-0.4, -0.2) is 37.1 Å². The zero-order valence-corrected chi connectivity index (χ0v) is 12.7. The zero-order valence-electron chi connectivity index (χ0n) is 12.7. The Hall–Kier alpha value is -1.23. The highest BCUT2D eigenvalue weighted by atomic mass is 19.4. The van der Waals surface area contributed by atoms with Gasteiger partial charge in [-0.25, -0.2) is 0 Å². The summed E-state index contributed by atoms with van der Waals surface area (Å²) >= 11 is 0. The van der Waals surface area contributed by atoms with Crippen LogP contribution in [0, 0.1) is 0 Å². The van der Waals surface area contributed by atoms with Crippen molar-refractivity contribution >= 4 is 5.69 Å².